The van der Waals surface area contributed by atoms with Crippen LogP contribution in [0.2, 0.25) is 0 Å². The summed E-state index contributed by atoms with van der Waals surface area (Å²) in [6.07, 6.45) is 3.27. The lowest BCUT2D eigenvalue weighted by atomic mass is 10.1. The van der Waals surface area contributed by atoms with E-state index < -0.39 is 28.7 Å². The van der Waals surface area contributed by atoms with Crippen molar-refractivity contribution in [2.24, 2.45) is 0 Å². The number of esters is 2. The zero-order chi connectivity index (χ0) is 21.1. The number of benzene rings is 1. The van der Waals surface area contributed by atoms with E-state index in [9.17, 15) is 24.5 Å². The standard InChI is InChI=1S/C19H21NO8/c1-4-26-17-12-15(20(24)25)8-6-14(17)7-9-16(21)13(3)28-19(23)11-10-18(22)27-5-2/h6-13H,4-5H2,1-3H3/b9-7+,11-10+. The van der Waals surface area contributed by atoms with E-state index in [1.807, 2.05) is 0 Å². The number of non-ortho nitro benzene ring substituents is 1. The molecule has 28 heavy (non-hydrogen) atoms. The van der Waals surface area contributed by atoms with Crippen molar-refractivity contribution in [1.82, 2.24) is 0 Å². The summed E-state index contributed by atoms with van der Waals surface area (Å²) in [4.78, 5) is 45.1. The van der Waals surface area contributed by atoms with E-state index in [0.717, 1.165) is 12.2 Å². The van der Waals surface area contributed by atoms with Crippen LogP contribution in [-0.2, 0) is 23.9 Å². The van der Waals surface area contributed by atoms with Gasteiger partial charge in [0.2, 0.25) is 0 Å². The van der Waals surface area contributed by atoms with Crippen molar-refractivity contribution in [3.8, 4) is 5.75 Å². The van der Waals surface area contributed by atoms with E-state index in [0.29, 0.717) is 5.56 Å². The van der Waals surface area contributed by atoms with Crippen LogP contribution in [0.5, 0.6) is 5.75 Å². The van der Waals surface area contributed by atoms with Gasteiger partial charge in [-0.05, 0) is 39.0 Å². The van der Waals surface area contributed by atoms with Gasteiger partial charge in [-0.25, -0.2) is 9.59 Å². The number of carbonyl (C=O) groups excluding carboxylic acids is 3. The lowest BCUT2D eigenvalue weighted by Crippen LogP contribution is -2.21. The van der Waals surface area contributed by atoms with Crippen molar-refractivity contribution in [1.29, 1.82) is 0 Å². The molecule has 1 unspecified atom stereocenters. The van der Waals surface area contributed by atoms with Gasteiger partial charge in [0.25, 0.3) is 5.69 Å². The van der Waals surface area contributed by atoms with E-state index >= 15 is 0 Å². The fraction of sp³-hybridized carbons (Fsp3) is 0.316. The van der Waals surface area contributed by atoms with Gasteiger partial charge >= 0.3 is 11.9 Å². The molecule has 0 aliphatic carbocycles. The molecule has 0 amide bonds. The van der Waals surface area contributed by atoms with Gasteiger partial charge in [0.1, 0.15) is 5.75 Å². The Labute approximate surface area is 161 Å². The van der Waals surface area contributed by atoms with Crippen LogP contribution in [0, 0.1) is 10.1 Å². The van der Waals surface area contributed by atoms with Gasteiger partial charge in [0.05, 0.1) is 24.2 Å². The smallest absolute Gasteiger partial charge is 0.331 e. The molecule has 0 spiro atoms. The highest BCUT2D eigenvalue weighted by atomic mass is 16.6. The molecular weight excluding hydrogens is 370 g/mol. The first-order valence-electron chi connectivity index (χ1n) is 8.47. The SMILES string of the molecule is CCOC(=O)/C=C/C(=O)OC(C)C(=O)/C=C/c1ccc([N+](=O)[O-])cc1OCC. The molecule has 0 N–H and O–H groups in total. The van der Waals surface area contributed by atoms with Gasteiger partial charge in [0, 0.05) is 23.8 Å². The Morgan fingerprint density at radius 2 is 1.79 bits per heavy atom. The maximum absolute atomic E-state index is 12.1. The zero-order valence-electron chi connectivity index (χ0n) is 15.7. The zero-order valence-corrected chi connectivity index (χ0v) is 15.7. The van der Waals surface area contributed by atoms with Crippen molar-refractivity contribution >= 4 is 29.5 Å². The molecule has 1 rings (SSSR count). The second kappa shape index (κ2) is 11.3. The molecule has 0 radical (unpaired) electrons. The van der Waals surface area contributed by atoms with Gasteiger partial charge in [-0.1, -0.05) is 0 Å². The van der Waals surface area contributed by atoms with Crippen LogP contribution in [0.15, 0.2) is 36.4 Å². The summed E-state index contributed by atoms with van der Waals surface area (Å²) in [5.41, 5.74) is 0.323. The molecule has 0 fully saturated rings. The van der Waals surface area contributed by atoms with Crippen molar-refractivity contribution in [2.45, 2.75) is 26.9 Å². The maximum Gasteiger partial charge on any atom is 0.331 e. The fourth-order valence-electron chi connectivity index (χ4n) is 1.96. The molecule has 1 aromatic carbocycles. The normalized spacial score (nSPS) is 12.0. The fourth-order valence-corrected chi connectivity index (χ4v) is 1.96. The van der Waals surface area contributed by atoms with Gasteiger partial charge in [-0.2, -0.15) is 0 Å². The molecule has 0 aliphatic rings. The first-order valence-corrected chi connectivity index (χ1v) is 8.47. The molecule has 0 aliphatic heterocycles. The summed E-state index contributed by atoms with van der Waals surface area (Å²) in [5, 5.41) is 10.9. The highest BCUT2D eigenvalue weighted by Gasteiger charge is 2.15. The average Bonchev–Trinajstić information content (AvgIpc) is 2.65. The topological polar surface area (TPSA) is 122 Å². The van der Waals surface area contributed by atoms with Gasteiger partial charge < -0.3 is 14.2 Å². The van der Waals surface area contributed by atoms with Crippen LogP contribution in [0.4, 0.5) is 5.69 Å². The van der Waals surface area contributed by atoms with E-state index in [2.05, 4.69) is 4.74 Å². The van der Waals surface area contributed by atoms with Crippen molar-refractivity contribution in [2.75, 3.05) is 13.2 Å². The quantitative estimate of drug-likeness (QED) is 0.258. The second-order valence-electron chi connectivity index (χ2n) is 5.31. The van der Waals surface area contributed by atoms with E-state index in [-0.39, 0.29) is 24.7 Å². The Balaban J connectivity index is 2.78. The Morgan fingerprint density at radius 1 is 1.11 bits per heavy atom. The third-order valence-corrected chi connectivity index (χ3v) is 3.27. The summed E-state index contributed by atoms with van der Waals surface area (Å²) < 4.78 is 14.9. The summed E-state index contributed by atoms with van der Waals surface area (Å²) >= 11 is 0. The number of hydrogen-bond acceptors (Lipinski definition) is 8. The number of nitro groups is 1. The Bertz CT molecular complexity index is 797. The first kappa shape index (κ1) is 22.6. The number of ketones is 1. The third kappa shape index (κ3) is 7.40. The highest BCUT2D eigenvalue weighted by Crippen LogP contribution is 2.26. The third-order valence-electron chi connectivity index (χ3n) is 3.27. The Hall–Kier alpha value is -3.49. The van der Waals surface area contributed by atoms with Gasteiger partial charge in [0.15, 0.2) is 11.9 Å². The number of nitro benzene ring substituents is 1. The monoisotopic (exact) mass is 391 g/mol. The minimum absolute atomic E-state index is 0.136. The van der Waals surface area contributed by atoms with Crippen LogP contribution in [0.25, 0.3) is 6.08 Å². The van der Waals surface area contributed by atoms with Crippen molar-refractivity contribution in [3.63, 3.8) is 0 Å². The number of ether oxygens (including phenoxy) is 3. The van der Waals surface area contributed by atoms with Crippen molar-refractivity contribution in [3.05, 3.63) is 52.1 Å². The van der Waals surface area contributed by atoms with E-state index in [1.54, 1.807) is 13.8 Å². The molecule has 0 heterocycles. The van der Waals surface area contributed by atoms with Crippen LogP contribution >= 0.6 is 0 Å². The molecule has 0 aromatic heterocycles. The van der Waals surface area contributed by atoms with Crippen LogP contribution in [0.3, 0.4) is 0 Å². The molecule has 1 atom stereocenters. The molecule has 9 heteroatoms. The minimum atomic E-state index is -1.09. The molecule has 0 saturated heterocycles. The van der Waals surface area contributed by atoms with Crippen LogP contribution < -0.4 is 4.74 Å². The first-order chi connectivity index (χ1) is 13.3. The summed E-state index contributed by atoms with van der Waals surface area (Å²) in [6.45, 7) is 5.19. The summed E-state index contributed by atoms with van der Waals surface area (Å²) in [6, 6.07) is 4.00. The van der Waals surface area contributed by atoms with E-state index in [1.165, 1.54) is 37.3 Å². The lowest BCUT2D eigenvalue weighted by Gasteiger charge is -2.09. The largest absolute Gasteiger partial charge is 0.493 e. The van der Waals surface area contributed by atoms with E-state index in [4.69, 9.17) is 9.47 Å². The number of rotatable bonds is 10. The summed E-state index contributed by atoms with van der Waals surface area (Å²) in [5.74, 6) is -1.82. The molecule has 9 nitrogen and oxygen atoms in total. The maximum atomic E-state index is 12.1. The predicted molar refractivity (Wildman–Crippen MR) is 99.6 cm³/mol. The average molecular weight is 391 g/mol. The lowest BCUT2D eigenvalue weighted by molar-refractivity contribution is -0.384. The second-order valence-corrected chi connectivity index (χ2v) is 5.31. The van der Waals surface area contributed by atoms with Crippen LogP contribution in [-0.4, -0.2) is 42.0 Å². The number of hydrogen-bond donors (Lipinski definition) is 0. The molecular formula is C19H21NO8. The predicted octanol–water partition coefficient (Wildman–Crippen LogP) is 2.63. The molecule has 0 bridgehead atoms. The Morgan fingerprint density at radius 3 is 2.39 bits per heavy atom. The minimum Gasteiger partial charge on any atom is -0.493 e. The summed E-state index contributed by atoms with van der Waals surface area (Å²) in [7, 11) is 0. The van der Waals surface area contributed by atoms with Crippen molar-refractivity contribution < 1.29 is 33.5 Å². The molecule has 1 aromatic rings. The number of carbonyl (C=O) groups is 3. The number of nitrogens with zero attached hydrogens (tertiary/aromatic N) is 1. The molecule has 0 saturated carbocycles. The molecule has 150 valence electrons. The van der Waals surface area contributed by atoms with Crippen LogP contribution in [0.1, 0.15) is 26.3 Å². The van der Waals surface area contributed by atoms with Gasteiger partial charge in [-0.3, -0.25) is 14.9 Å². The highest BCUT2D eigenvalue weighted by molar-refractivity contribution is 5.99. The Kier molecular flexibility index (Phi) is 9.08. The van der Waals surface area contributed by atoms with Gasteiger partial charge in [-0.15, -0.1) is 0 Å².